The average Bonchev–Trinajstić information content (AvgIpc) is 3.52. The monoisotopic (exact) mass is 527 g/mol. The van der Waals surface area contributed by atoms with Gasteiger partial charge in [0.1, 0.15) is 5.70 Å². The van der Waals surface area contributed by atoms with E-state index in [4.69, 9.17) is 9.47 Å². The summed E-state index contributed by atoms with van der Waals surface area (Å²) < 4.78 is 10.9. The van der Waals surface area contributed by atoms with Crippen LogP contribution >= 0.6 is 11.8 Å². The van der Waals surface area contributed by atoms with E-state index in [0.29, 0.717) is 22.4 Å². The third-order valence-electron chi connectivity index (χ3n) is 6.42. The molecule has 0 fully saturated rings. The van der Waals surface area contributed by atoms with Crippen LogP contribution in [-0.2, 0) is 22.4 Å². The molecular weight excluding hydrogens is 498 g/mol. The fourth-order valence-corrected chi connectivity index (χ4v) is 5.20. The summed E-state index contributed by atoms with van der Waals surface area (Å²) in [6.45, 7) is 6.32. The van der Waals surface area contributed by atoms with Crippen molar-refractivity contribution >= 4 is 46.2 Å². The van der Waals surface area contributed by atoms with Crippen molar-refractivity contribution in [1.29, 1.82) is 0 Å². The molecule has 38 heavy (non-hydrogen) atoms. The highest BCUT2D eigenvalue weighted by Crippen LogP contribution is 2.35. The van der Waals surface area contributed by atoms with E-state index < -0.39 is 0 Å². The number of nitrogens with one attached hydrogen (secondary N) is 1. The van der Waals surface area contributed by atoms with Gasteiger partial charge >= 0.3 is 0 Å². The smallest absolute Gasteiger partial charge is 0.283 e. The summed E-state index contributed by atoms with van der Waals surface area (Å²) in [6, 6.07) is 19.3. The molecule has 0 saturated heterocycles. The maximum Gasteiger partial charge on any atom is 0.283 e. The number of aliphatic imine (C=N–C) groups is 1. The van der Waals surface area contributed by atoms with Crippen LogP contribution in [0.5, 0.6) is 11.5 Å². The molecule has 0 bridgehead atoms. The van der Waals surface area contributed by atoms with Gasteiger partial charge < -0.3 is 14.8 Å². The molecule has 0 radical (unpaired) electrons. The SMILES string of the molecule is CCc1cccc(CC)c1NC(=O)CSC1=N/C(=C\c2ccc3c(c2)OCO3)C(=O)N1c1ccc(C)cc1. The Balaban J connectivity index is 1.39. The van der Waals surface area contributed by atoms with Crippen LogP contribution < -0.4 is 19.7 Å². The van der Waals surface area contributed by atoms with Crippen LogP contribution in [0.15, 0.2) is 71.4 Å². The molecular formula is C30H29N3O4S. The average molecular weight is 528 g/mol. The molecule has 5 rings (SSSR count). The second kappa shape index (κ2) is 11.1. The zero-order chi connectivity index (χ0) is 26.6. The lowest BCUT2D eigenvalue weighted by Crippen LogP contribution is -2.31. The van der Waals surface area contributed by atoms with Gasteiger partial charge in [-0.25, -0.2) is 4.99 Å². The normalized spacial score (nSPS) is 15.2. The third-order valence-corrected chi connectivity index (χ3v) is 7.36. The van der Waals surface area contributed by atoms with Gasteiger partial charge in [0.2, 0.25) is 12.7 Å². The fraction of sp³-hybridized carbons (Fsp3) is 0.233. The molecule has 1 N–H and O–H groups in total. The van der Waals surface area contributed by atoms with Gasteiger partial charge in [0.05, 0.1) is 11.4 Å². The molecule has 2 aliphatic heterocycles. The van der Waals surface area contributed by atoms with E-state index >= 15 is 0 Å². The van der Waals surface area contributed by atoms with Crippen LogP contribution in [0, 0.1) is 6.92 Å². The Labute approximate surface area is 226 Å². The van der Waals surface area contributed by atoms with Crippen molar-refractivity contribution in [3.63, 3.8) is 0 Å². The number of hydrogen-bond donors (Lipinski definition) is 1. The maximum absolute atomic E-state index is 13.5. The van der Waals surface area contributed by atoms with Crippen molar-refractivity contribution in [3.05, 3.63) is 88.6 Å². The number of rotatable bonds is 7. The number of thioether (sulfide) groups is 1. The summed E-state index contributed by atoms with van der Waals surface area (Å²) in [5.41, 5.74) is 5.94. The Kier molecular flexibility index (Phi) is 7.51. The Morgan fingerprint density at radius 1 is 1.03 bits per heavy atom. The molecule has 0 atom stereocenters. The molecule has 3 aromatic rings. The number of amidine groups is 1. The maximum atomic E-state index is 13.5. The third kappa shape index (κ3) is 5.31. The molecule has 7 nitrogen and oxygen atoms in total. The molecule has 0 spiro atoms. The van der Waals surface area contributed by atoms with Crippen molar-refractivity contribution in [2.24, 2.45) is 4.99 Å². The Bertz CT molecular complexity index is 1420. The molecule has 0 aromatic heterocycles. The summed E-state index contributed by atoms with van der Waals surface area (Å²) in [4.78, 5) is 32.8. The lowest BCUT2D eigenvalue weighted by atomic mass is 10.0. The molecule has 2 heterocycles. The fourth-order valence-electron chi connectivity index (χ4n) is 4.38. The minimum absolute atomic E-state index is 0.118. The van der Waals surface area contributed by atoms with E-state index in [9.17, 15) is 9.59 Å². The number of para-hydroxylation sites is 1. The first-order valence-electron chi connectivity index (χ1n) is 12.6. The summed E-state index contributed by atoms with van der Waals surface area (Å²) >= 11 is 1.24. The number of carbonyl (C=O) groups excluding carboxylic acids is 2. The van der Waals surface area contributed by atoms with Crippen molar-refractivity contribution in [1.82, 2.24) is 0 Å². The number of amides is 2. The zero-order valence-electron chi connectivity index (χ0n) is 21.6. The number of fused-ring (bicyclic) bond motifs is 1. The molecule has 3 aromatic carbocycles. The van der Waals surface area contributed by atoms with Crippen molar-refractivity contribution in [2.75, 3.05) is 22.8 Å². The molecule has 0 saturated carbocycles. The molecule has 2 amide bonds. The minimum atomic E-state index is -0.251. The predicted molar refractivity (Wildman–Crippen MR) is 153 cm³/mol. The molecule has 2 aliphatic rings. The topological polar surface area (TPSA) is 80.2 Å². The molecule has 8 heteroatoms. The predicted octanol–water partition coefficient (Wildman–Crippen LogP) is 5.96. The lowest BCUT2D eigenvalue weighted by molar-refractivity contribution is -0.114. The highest BCUT2D eigenvalue weighted by atomic mass is 32.2. The van der Waals surface area contributed by atoms with Crippen LogP contribution in [0.1, 0.15) is 36.1 Å². The quantitative estimate of drug-likeness (QED) is 0.383. The number of anilines is 2. The summed E-state index contributed by atoms with van der Waals surface area (Å²) in [5.74, 6) is 1.03. The van der Waals surface area contributed by atoms with Crippen LogP contribution in [0.25, 0.3) is 6.08 Å². The standard InChI is InChI=1S/C30H29N3O4S/c1-4-21-7-6-8-22(5-2)28(21)32-27(34)17-38-30-31-24(15-20-11-14-25-26(16-20)37-18-36-25)29(35)33(30)23-12-9-19(3)10-13-23/h6-16H,4-5,17-18H2,1-3H3,(H,32,34)/b24-15-. The van der Waals surface area contributed by atoms with Gasteiger partial charge in [-0.3, -0.25) is 14.5 Å². The van der Waals surface area contributed by atoms with Gasteiger partial charge in [-0.15, -0.1) is 0 Å². The van der Waals surface area contributed by atoms with Crippen molar-refractivity contribution in [2.45, 2.75) is 33.6 Å². The number of carbonyl (C=O) groups is 2. The number of hydrogen-bond acceptors (Lipinski definition) is 6. The van der Waals surface area contributed by atoms with Gasteiger partial charge in [-0.05, 0) is 66.8 Å². The molecule has 194 valence electrons. The van der Waals surface area contributed by atoms with Gasteiger partial charge in [-0.1, -0.05) is 67.6 Å². The Hall–Kier alpha value is -4.04. The number of benzene rings is 3. The van der Waals surface area contributed by atoms with Crippen LogP contribution in [0.2, 0.25) is 0 Å². The number of nitrogens with zero attached hydrogens (tertiary/aromatic N) is 2. The largest absolute Gasteiger partial charge is 0.454 e. The molecule has 0 aliphatic carbocycles. The van der Waals surface area contributed by atoms with E-state index in [-0.39, 0.29) is 30.1 Å². The Morgan fingerprint density at radius 2 is 1.74 bits per heavy atom. The van der Waals surface area contributed by atoms with Gasteiger partial charge in [0, 0.05) is 5.69 Å². The second-order valence-electron chi connectivity index (χ2n) is 9.01. The minimum Gasteiger partial charge on any atom is -0.454 e. The van der Waals surface area contributed by atoms with Gasteiger partial charge in [-0.2, -0.15) is 0 Å². The first-order valence-corrected chi connectivity index (χ1v) is 13.6. The second-order valence-corrected chi connectivity index (χ2v) is 9.95. The molecule has 0 unspecified atom stereocenters. The zero-order valence-corrected chi connectivity index (χ0v) is 22.4. The van der Waals surface area contributed by atoms with Crippen LogP contribution in [0.3, 0.4) is 0 Å². The van der Waals surface area contributed by atoms with Crippen LogP contribution in [0.4, 0.5) is 11.4 Å². The summed E-state index contributed by atoms with van der Waals surface area (Å²) in [5, 5.41) is 3.55. The number of aryl methyl sites for hydroxylation is 3. The van der Waals surface area contributed by atoms with E-state index in [1.54, 1.807) is 11.0 Å². The van der Waals surface area contributed by atoms with Gasteiger partial charge in [0.25, 0.3) is 5.91 Å². The highest BCUT2D eigenvalue weighted by Gasteiger charge is 2.32. The van der Waals surface area contributed by atoms with Crippen molar-refractivity contribution < 1.29 is 19.1 Å². The van der Waals surface area contributed by atoms with E-state index in [1.807, 2.05) is 67.6 Å². The summed E-state index contributed by atoms with van der Waals surface area (Å²) in [6.07, 6.45) is 3.38. The number of ether oxygens (including phenoxy) is 2. The van der Waals surface area contributed by atoms with Gasteiger partial charge in [0.15, 0.2) is 16.7 Å². The summed E-state index contributed by atoms with van der Waals surface area (Å²) in [7, 11) is 0. The highest BCUT2D eigenvalue weighted by molar-refractivity contribution is 8.14. The lowest BCUT2D eigenvalue weighted by Gasteiger charge is -2.18. The van der Waals surface area contributed by atoms with Crippen molar-refractivity contribution in [3.8, 4) is 11.5 Å². The first kappa shape index (κ1) is 25.6. The van der Waals surface area contributed by atoms with E-state index in [2.05, 4.69) is 24.2 Å². The first-order chi connectivity index (χ1) is 18.5. The van der Waals surface area contributed by atoms with Crippen LogP contribution in [-0.4, -0.2) is 29.5 Å². The Morgan fingerprint density at radius 3 is 2.45 bits per heavy atom. The van der Waals surface area contributed by atoms with E-state index in [0.717, 1.165) is 40.8 Å². The van der Waals surface area contributed by atoms with E-state index in [1.165, 1.54) is 11.8 Å².